The Hall–Kier alpha value is -1.93. The number of hydrogen-bond donors (Lipinski definition) is 1. The molecule has 130 valence electrons. The van der Waals surface area contributed by atoms with Crippen LogP contribution in [-0.4, -0.2) is 56.0 Å². The monoisotopic (exact) mass is 353 g/mol. The molecular weight excluding hydrogens is 334 g/mol. The van der Waals surface area contributed by atoms with Gasteiger partial charge in [-0.25, -0.2) is 4.68 Å². The number of hydrogen-bond acceptors (Lipinski definition) is 5. The molecule has 0 atom stereocenters. The highest BCUT2D eigenvalue weighted by molar-refractivity contribution is 6.30. The first-order valence-corrected chi connectivity index (χ1v) is 7.74. The third kappa shape index (κ3) is 5.31. The minimum atomic E-state index is -0.404. The lowest BCUT2D eigenvalue weighted by molar-refractivity contribution is -0.139. The molecule has 7 nitrogen and oxygen atoms in total. The van der Waals surface area contributed by atoms with Crippen molar-refractivity contribution in [3.05, 3.63) is 47.2 Å². The molecule has 2 rings (SSSR count). The highest BCUT2D eigenvalue weighted by atomic mass is 35.5. The number of halogens is 1. The smallest absolute Gasteiger partial charge is 0.254 e. The Labute approximate surface area is 145 Å². The van der Waals surface area contributed by atoms with Gasteiger partial charge in [-0.3, -0.25) is 4.79 Å². The maximum atomic E-state index is 12.1. The van der Waals surface area contributed by atoms with Crippen LogP contribution in [0.15, 0.2) is 36.7 Å². The van der Waals surface area contributed by atoms with E-state index in [2.05, 4.69) is 10.4 Å². The third-order valence-electron chi connectivity index (χ3n) is 3.25. The number of aromatic nitrogens is 2. The van der Waals surface area contributed by atoms with Gasteiger partial charge in [-0.1, -0.05) is 11.6 Å². The van der Waals surface area contributed by atoms with Crippen LogP contribution in [0.3, 0.4) is 0 Å². The SMILES string of the molecule is COC(COCCNC(=O)c1cnn(-c2ccc(Cl)cc2)c1)OC. The summed E-state index contributed by atoms with van der Waals surface area (Å²) >= 11 is 5.85. The molecule has 0 saturated heterocycles. The first-order chi connectivity index (χ1) is 11.6. The van der Waals surface area contributed by atoms with Crippen LogP contribution >= 0.6 is 11.6 Å². The molecule has 0 radical (unpaired) electrons. The predicted molar refractivity (Wildman–Crippen MR) is 89.5 cm³/mol. The summed E-state index contributed by atoms with van der Waals surface area (Å²) in [5.74, 6) is -0.214. The Bertz CT molecular complexity index is 641. The summed E-state index contributed by atoms with van der Waals surface area (Å²) in [6.07, 6.45) is 2.76. The maximum Gasteiger partial charge on any atom is 0.254 e. The van der Waals surface area contributed by atoms with Gasteiger partial charge in [0.15, 0.2) is 6.29 Å². The average molecular weight is 354 g/mol. The number of nitrogens with zero attached hydrogens (tertiary/aromatic N) is 2. The van der Waals surface area contributed by atoms with E-state index in [-0.39, 0.29) is 5.91 Å². The normalized spacial score (nSPS) is 11.0. The molecule has 1 amide bonds. The number of rotatable bonds is 9. The second kappa shape index (κ2) is 9.39. The van der Waals surface area contributed by atoms with Gasteiger partial charge in [0.05, 0.1) is 30.7 Å². The molecule has 0 aliphatic rings. The molecule has 2 aromatic rings. The zero-order chi connectivity index (χ0) is 17.4. The summed E-state index contributed by atoms with van der Waals surface area (Å²) in [5, 5.41) is 7.58. The van der Waals surface area contributed by atoms with Gasteiger partial charge in [-0.15, -0.1) is 0 Å². The molecule has 0 unspecified atom stereocenters. The van der Waals surface area contributed by atoms with Gasteiger partial charge in [0.1, 0.15) is 0 Å². The molecule has 0 bridgehead atoms. The first kappa shape index (κ1) is 18.4. The number of nitrogens with one attached hydrogen (secondary N) is 1. The van der Waals surface area contributed by atoms with Crippen LogP contribution in [0.4, 0.5) is 0 Å². The average Bonchev–Trinajstić information content (AvgIpc) is 3.09. The zero-order valence-electron chi connectivity index (χ0n) is 13.6. The number of carbonyl (C=O) groups excluding carboxylic acids is 1. The van der Waals surface area contributed by atoms with Gasteiger partial charge in [0.2, 0.25) is 0 Å². The van der Waals surface area contributed by atoms with Crippen LogP contribution < -0.4 is 5.32 Å². The van der Waals surface area contributed by atoms with Gasteiger partial charge in [0.25, 0.3) is 5.91 Å². The summed E-state index contributed by atoms with van der Waals surface area (Å²) in [6, 6.07) is 7.19. The molecule has 0 spiro atoms. The van der Waals surface area contributed by atoms with E-state index in [1.54, 1.807) is 23.0 Å². The summed E-state index contributed by atoms with van der Waals surface area (Å²) < 4.78 is 17.0. The Morgan fingerprint density at radius 1 is 1.29 bits per heavy atom. The number of carbonyl (C=O) groups is 1. The van der Waals surface area contributed by atoms with Crippen LogP contribution in [0, 0.1) is 0 Å². The van der Waals surface area contributed by atoms with E-state index in [4.69, 9.17) is 25.8 Å². The molecule has 0 fully saturated rings. The summed E-state index contributed by atoms with van der Waals surface area (Å²) in [4.78, 5) is 12.1. The molecule has 0 aliphatic heterocycles. The summed E-state index contributed by atoms with van der Waals surface area (Å²) in [7, 11) is 3.08. The third-order valence-corrected chi connectivity index (χ3v) is 3.50. The van der Waals surface area contributed by atoms with Gasteiger partial charge in [0, 0.05) is 32.0 Å². The predicted octanol–water partition coefficient (Wildman–Crippen LogP) is 1.89. The number of amides is 1. The van der Waals surface area contributed by atoms with Crippen molar-refractivity contribution >= 4 is 17.5 Å². The van der Waals surface area contributed by atoms with E-state index in [1.807, 2.05) is 12.1 Å². The van der Waals surface area contributed by atoms with Crippen LogP contribution in [0.2, 0.25) is 5.02 Å². The zero-order valence-corrected chi connectivity index (χ0v) is 14.3. The molecule has 8 heteroatoms. The van der Waals surface area contributed by atoms with Gasteiger partial charge >= 0.3 is 0 Å². The van der Waals surface area contributed by atoms with Crippen LogP contribution in [-0.2, 0) is 14.2 Å². The lowest BCUT2D eigenvalue weighted by Crippen LogP contribution is -2.28. The van der Waals surface area contributed by atoms with Gasteiger partial charge in [-0.05, 0) is 24.3 Å². The van der Waals surface area contributed by atoms with E-state index in [9.17, 15) is 4.79 Å². The van der Waals surface area contributed by atoms with Crippen LogP contribution in [0.5, 0.6) is 0 Å². The van der Waals surface area contributed by atoms with Crippen molar-refractivity contribution in [3.8, 4) is 5.69 Å². The van der Waals surface area contributed by atoms with Crippen molar-refractivity contribution in [3.63, 3.8) is 0 Å². The minimum Gasteiger partial charge on any atom is -0.374 e. The molecule has 1 heterocycles. The first-order valence-electron chi connectivity index (χ1n) is 7.36. The molecule has 1 aromatic heterocycles. The van der Waals surface area contributed by atoms with Crippen molar-refractivity contribution in [2.75, 3.05) is 34.0 Å². The van der Waals surface area contributed by atoms with Crippen LogP contribution in [0.1, 0.15) is 10.4 Å². The number of ether oxygens (including phenoxy) is 3. The molecule has 24 heavy (non-hydrogen) atoms. The lowest BCUT2D eigenvalue weighted by atomic mass is 10.3. The number of benzene rings is 1. The van der Waals surface area contributed by atoms with E-state index in [0.717, 1.165) is 5.69 Å². The molecule has 1 aromatic carbocycles. The second-order valence-electron chi connectivity index (χ2n) is 4.88. The maximum absolute atomic E-state index is 12.1. The van der Waals surface area contributed by atoms with Crippen molar-refractivity contribution < 1.29 is 19.0 Å². The molecule has 0 aliphatic carbocycles. The quantitative estimate of drug-likeness (QED) is 0.550. The standard InChI is InChI=1S/C16H20ClN3O4/c1-22-15(23-2)11-24-8-7-18-16(21)12-9-19-20(10-12)14-5-3-13(17)4-6-14/h3-6,9-10,15H,7-8,11H2,1-2H3,(H,18,21). The van der Waals surface area contributed by atoms with E-state index in [0.29, 0.717) is 30.3 Å². The molecule has 1 N–H and O–H groups in total. The highest BCUT2D eigenvalue weighted by Crippen LogP contribution is 2.13. The van der Waals surface area contributed by atoms with E-state index < -0.39 is 6.29 Å². The fourth-order valence-electron chi connectivity index (χ4n) is 1.93. The van der Waals surface area contributed by atoms with Gasteiger partial charge < -0.3 is 19.5 Å². The van der Waals surface area contributed by atoms with E-state index in [1.165, 1.54) is 20.4 Å². The Balaban J connectivity index is 1.78. The highest BCUT2D eigenvalue weighted by Gasteiger charge is 2.09. The van der Waals surface area contributed by atoms with Crippen molar-refractivity contribution in [1.82, 2.24) is 15.1 Å². The second-order valence-corrected chi connectivity index (χ2v) is 5.32. The molecular formula is C16H20ClN3O4. The van der Waals surface area contributed by atoms with Crippen molar-refractivity contribution in [2.45, 2.75) is 6.29 Å². The Morgan fingerprint density at radius 2 is 2.00 bits per heavy atom. The lowest BCUT2D eigenvalue weighted by Gasteiger charge is -2.13. The Morgan fingerprint density at radius 3 is 2.67 bits per heavy atom. The molecule has 0 saturated carbocycles. The Kier molecular flexibility index (Phi) is 7.20. The van der Waals surface area contributed by atoms with Crippen LogP contribution in [0.25, 0.3) is 5.69 Å². The summed E-state index contributed by atoms with van der Waals surface area (Å²) in [5.41, 5.74) is 1.29. The largest absolute Gasteiger partial charge is 0.374 e. The fourth-order valence-corrected chi connectivity index (χ4v) is 2.05. The topological polar surface area (TPSA) is 74.6 Å². The summed E-state index contributed by atoms with van der Waals surface area (Å²) in [6.45, 7) is 1.04. The van der Waals surface area contributed by atoms with Crippen molar-refractivity contribution in [2.24, 2.45) is 0 Å². The van der Waals surface area contributed by atoms with Gasteiger partial charge in [-0.2, -0.15) is 5.10 Å². The van der Waals surface area contributed by atoms with Crippen molar-refractivity contribution in [1.29, 1.82) is 0 Å². The fraction of sp³-hybridized carbons (Fsp3) is 0.375. The number of methoxy groups -OCH3 is 2. The van der Waals surface area contributed by atoms with E-state index >= 15 is 0 Å². The minimum absolute atomic E-state index is 0.214.